The van der Waals surface area contributed by atoms with E-state index in [0.717, 1.165) is 7.11 Å². The van der Waals surface area contributed by atoms with Crippen molar-refractivity contribution in [3.63, 3.8) is 0 Å². The third-order valence-electron chi connectivity index (χ3n) is 0.920. The molecule has 1 unspecified atom stereocenters. The van der Waals surface area contributed by atoms with Crippen LogP contribution in [0.5, 0.6) is 5.88 Å². The maximum atomic E-state index is 10.7. The fraction of sp³-hybridized carbons (Fsp3) is 0.250. The first kappa shape index (κ1) is 8.26. The Balaban J connectivity index is 2.63. The van der Waals surface area contributed by atoms with Gasteiger partial charge < -0.3 is 4.52 Å². The molecular formula is C4H7N2O4P. The molecule has 1 heterocycles. The third kappa shape index (κ3) is 2.34. The number of aromatic nitrogens is 2. The van der Waals surface area contributed by atoms with Crippen LogP contribution in [0.4, 0.5) is 0 Å². The standard InChI is InChI=1S/C4H7N2O4P/c1-9-11(7,8)10-4-2-3-5-6-4/h2-3H,1H3,(H,5,6)(H,7,8). The number of aromatic amines is 1. The molecular weight excluding hydrogens is 171 g/mol. The molecule has 1 aromatic heterocycles. The van der Waals surface area contributed by atoms with E-state index in [4.69, 9.17) is 4.89 Å². The monoisotopic (exact) mass is 178 g/mol. The molecule has 1 rings (SSSR count). The molecule has 0 saturated carbocycles. The third-order valence-corrected chi connectivity index (χ3v) is 1.81. The summed E-state index contributed by atoms with van der Waals surface area (Å²) >= 11 is 0. The summed E-state index contributed by atoms with van der Waals surface area (Å²) in [4.78, 5) is 8.76. The molecule has 1 atom stereocenters. The van der Waals surface area contributed by atoms with Crippen LogP contribution in [-0.4, -0.2) is 22.2 Å². The Bertz CT molecular complexity index is 259. The summed E-state index contributed by atoms with van der Waals surface area (Å²) in [5, 5.41) is 5.85. The second-order valence-corrected chi connectivity index (χ2v) is 3.15. The lowest BCUT2D eigenvalue weighted by Crippen LogP contribution is -1.93. The van der Waals surface area contributed by atoms with Crippen molar-refractivity contribution in [3.05, 3.63) is 12.3 Å². The zero-order chi connectivity index (χ0) is 8.32. The van der Waals surface area contributed by atoms with Crippen LogP contribution in [0.25, 0.3) is 0 Å². The summed E-state index contributed by atoms with van der Waals surface area (Å²) in [6.07, 6.45) is 1.39. The average molecular weight is 178 g/mol. The van der Waals surface area contributed by atoms with Crippen molar-refractivity contribution in [3.8, 4) is 5.88 Å². The van der Waals surface area contributed by atoms with E-state index in [1.54, 1.807) is 0 Å². The van der Waals surface area contributed by atoms with Crippen LogP contribution < -0.4 is 4.52 Å². The number of nitrogens with one attached hydrogen (secondary N) is 1. The number of nitrogens with zero attached hydrogens (tertiary/aromatic N) is 1. The molecule has 0 radical (unpaired) electrons. The molecule has 1 aromatic rings. The summed E-state index contributed by atoms with van der Waals surface area (Å²) in [6, 6.07) is 1.40. The van der Waals surface area contributed by atoms with Crippen molar-refractivity contribution in [1.82, 2.24) is 10.2 Å². The summed E-state index contributed by atoms with van der Waals surface area (Å²) in [7, 11) is -2.85. The molecule has 2 N–H and O–H groups in total. The fourth-order valence-corrected chi connectivity index (χ4v) is 0.880. The second kappa shape index (κ2) is 3.04. The summed E-state index contributed by atoms with van der Waals surface area (Å²) in [5.74, 6) is 0.0951. The number of phosphoric acid groups is 1. The van der Waals surface area contributed by atoms with Gasteiger partial charge in [-0.25, -0.2) is 9.66 Å². The predicted octanol–water partition coefficient (Wildman–Crippen LogP) is 0.535. The molecule has 0 aromatic carbocycles. The Morgan fingerprint density at radius 3 is 3.00 bits per heavy atom. The number of hydrogen-bond donors (Lipinski definition) is 2. The van der Waals surface area contributed by atoms with Gasteiger partial charge in [0.1, 0.15) is 0 Å². The van der Waals surface area contributed by atoms with Crippen LogP contribution in [0.15, 0.2) is 12.3 Å². The van der Waals surface area contributed by atoms with Crippen molar-refractivity contribution in [1.29, 1.82) is 0 Å². The molecule has 0 aliphatic heterocycles. The van der Waals surface area contributed by atoms with Crippen LogP contribution in [0, 0.1) is 0 Å². The molecule has 0 saturated heterocycles. The molecule has 0 spiro atoms. The highest BCUT2D eigenvalue weighted by atomic mass is 31.2. The van der Waals surface area contributed by atoms with E-state index in [1.807, 2.05) is 0 Å². The van der Waals surface area contributed by atoms with Gasteiger partial charge in [-0.3, -0.25) is 9.42 Å². The van der Waals surface area contributed by atoms with Gasteiger partial charge in [0, 0.05) is 13.2 Å². The fourth-order valence-electron chi connectivity index (χ4n) is 0.456. The van der Waals surface area contributed by atoms with Gasteiger partial charge in [0.2, 0.25) is 5.88 Å². The topological polar surface area (TPSA) is 84.4 Å². The summed E-state index contributed by atoms with van der Waals surface area (Å²) in [5.41, 5.74) is 0. The van der Waals surface area contributed by atoms with Crippen molar-refractivity contribution in [2.24, 2.45) is 0 Å². The van der Waals surface area contributed by atoms with Gasteiger partial charge in [0.05, 0.1) is 6.20 Å². The number of rotatable bonds is 3. The second-order valence-electron chi connectivity index (χ2n) is 1.66. The quantitative estimate of drug-likeness (QED) is 0.659. The lowest BCUT2D eigenvalue weighted by Gasteiger charge is -2.06. The van der Waals surface area contributed by atoms with Gasteiger partial charge in [-0.05, 0) is 0 Å². The first-order chi connectivity index (χ1) is 5.14. The number of hydrogen-bond acceptors (Lipinski definition) is 4. The molecule has 0 aliphatic rings. The van der Waals surface area contributed by atoms with Gasteiger partial charge in [-0.1, -0.05) is 0 Å². The normalized spacial score (nSPS) is 15.8. The minimum absolute atomic E-state index is 0.0951. The molecule has 0 aliphatic carbocycles. The minimum atomic E-state index is -3.93. The zero-order valence-electron chi connectivity index (χ0n) is 5.72. The Labute approximate surface area is 62.8 Å². The highest BCUT2D eigenvalue weighted by Gasteiger charge is 2.20. The maximum Gasteiger partial charge on any atom is 0.528 e. The largest absolute Gasteiger partial charge is 0.528 e. The van der Waals surface area contributed by atoms with Gasteiger partial charge >= 0.3 is 7.82 Å². The van der Waals surface area contributed by atoms with Crippen molar-refractivity contribution >= 4 is 7.82 Å². The number of H-pyrrole nitrogens is 1. The highest BCUT2D eigenvalue weighted by molar-refractivity contribution is 7.47. The van der Waals surface area contributed by atoms with E-state index in [2.05, 4.69) is 19.2 Å². The zero-order valence-corrected chi connectivity index (χ0v) is 6.62. The van der Waals surface area contributed by atoms with Crippen LogP contribution in [0.1, 0.15) is 0 Å². The molecule has 0 fully saturated rings. The van der Waals surface area contributed by atoms with Crippen LogP contribution in [0.2, 0.25) is 0 Å². The lowest BCUT2D eigenvalue weighted by atomic mass is 10.7. The first-order valence-corrected chi connectivity index (χ1v) is 4.21. The van der Waals surface area contributed by atoms with Gasteiger partial charge in [-0.15, -0.1) is 0 Å². The molecule has 6 nitrogen and oxygen atoms in total. The summed E-state index contributed by atoms with van der Waals surface area (Å²) in [6.45, 7) is 0. The van der Waals surface area contributed by atoms with Gasteiger partial charge in [0.15, 0.2) is 0 Å². The van der Waals surface area contributed by atoms with E-state index in [0.29, 0.717) is 0 Å². The Morgan fingerprint density at radius 2 is 2.55 bits per heavy atom. The smallest absolute Gasteiger partial charge is 0.386 e. The first-order valence-electron chi connectivity index (χ1n) is 2.71. The maximum absolute atomic E-state index is 10.7. The molecule has 0 amide bonds. The average Bonchev–Trinajstić information content (AvgIpc) is 2.39. The van der Waals surface area contributed by atoms with Gasteiger partial charge in [0.25, 0.3) is 0 Å². The van der Waals surface area contributed by atoms with Crippen molar-refractivity contribution in [2.75, 3.05) is 7.11 Å². The van der Waals surface area contributed by atoms with Crippen LogP contribution in [0.3, 0.4) is 0 Å². The van der Waals surface area contributed by atoms with Gasteiger partial charge in [-0.2, -0.15) is 5.10 Å². The summed E-state index contributed by atoms with van der Waals surface area (Å²) < 4.78 is 19.3. The SMILES string of the molecule is COP(=O)(O)Oc1ccn[nH]1. The Morgan fingerprint density at radius 1 is 1.82 bits per heavy atom. The lowest BCUT2D eigenvalue weighted by molar-refractivity contribution is 0.240. The van der Waals surface area contributed by atoms with E-state index < -0.39 is 7.82 Å². The Kier molecular flexibility index (Phi) is 2.28. The van der Waals surface area contributed by atoms with Crippen LogP contribution >= 0.6 is 7.82 Å². The van der Waals surface area contributed by atoms with E-state index >= 15 is 0 Å². The number of phosphoric ester groups is 1. The van der Waals surface area contributed by atoms with E-state index in [1.165, 1.54) is 12.3 Å². The minimum Gasteiger partial charge on any atom is -0.386 e. The van der Waals surface area contributed by atoms with E-state index in [-0.39, 0.29) is 5.88 Å². The molecule has 0 bridgehead atoms. The van der Waals surface area contributed by atoms with Crippen molar-refractivity contribution < 1.29 is 18.5 Å². The van der Waals surface area contributed by atoms with Crippen molar-refractivity contribution in [2.45, 2.75) is 0 Å². The molecule has 7 heteroatoms. The predicted molar refractivity (Wildman–Crippen MR) is 36.0 cm³/mol. The Hall–Kier alpha value is -0.840. The van der Waals surface area contributed by atoms with Crippen LogP contribution in [-0.2, 0) is 9.09 Å². The molecule has 11 heavy (non-hydrogen) atoms. The van der Waals surface area contributed by atoms with E-state index in [9.17, 15) is 4.57 Å². The highest BCUT2D eigenvalue weighted by Crippen LogP contribution is 2.41. The molecule has 62 valence electrons.